The number of halogens is 1. The van der Waals surface area contributed by atoms with Crippen molar-refractivity contribution in [2.45, 2.75) is 76.1 Å². The average Bonchev–Trinajstić information content (AvgIpc) is 3.55. The number of carbonyl (C=O) groups excluding carboxylic acids is 1. The molecule has 8 heteroatoms. The van der Waals surface area contributed by atoms with Gasteiger partial charge in [-0.15, -0.1) is 11.8 Å². The van der Waals surface area contributed by atoms with Crippen molar-refractivity contribution in [2.75, 3.05) is 13.2 Å². The van der Waals surface area contributed by atoms with Gasteiger partial charge in [-0.2, -0.15) is 0 Å². The topological polar surface area (TPSA) is 71.8 Å². The molecule has 0 radical (unpaired) electrons. The number of aromatic nitrogens is 1. The van der Waals surface area contributed by atoms with Crippen molar-refractivity contribution >= 4 is 46.1 Å². The molecule has 2 heterocycles. The number of rotatable bonds is 10. The van der Waals surface area contributed by atoms with E-state index in [2.05, 4.69) is 37.5 Å². The molecule has 1 aliphatic heterocycles. The summed E-state index contributed by atoms with van der Waals surface area (Å²) in [7, 11) is 0. The van der Waals surface area contributed by atoms with Gasteiger partial charge in [0.25, 0.3) is 5.91 Å². The number of ether oxygens (including phenoxy) is 1. The van der Waals surface area contributed by atoms with Gasteiger partial charge in [-0.05, 0) is 74.7 Å². The maximum absolute atomic E-state index is 13.2. The Bertz CT molecular complexity index is 1640. The Kier molecular flexibility index (Phi) is 9.38. The molecule has 1 N–H and O–H groups in total. The fourth-order valence-electron chi connectivity index (χ4n) is 5.70. The number of amides is 1. The quantitative estimate of drug-likeness (QED) is 0.177. The summed E-state index contributed by atoms with van der Waals surface area (Å²) in [5.41, 5.74) is 2.84. The highest BCUT2D eigenvalue weighted by molar-refractivity contribution is 8.00. The third-order valence-corrected chi connectivity index (χ3v) is 9.57. The van der Waals surface area contributed by atoms with E-state index in [4.69, 9.17) is 16.3 Å². The third-order valence-electron chi connectivity index (χ3n) is 8.04. The third kappa shape index (κ3) is 7.27. The predicted molar refractivity (Wildman–Crippen MR) is 179 cm³/mol. The SMILES string of the molecule is CC(C)(C)Sc1c(CC(C)(C)C(=O)O)n(Cc2ccc(Cl)cc2)c2ccc(OC[C@@H]3CCCN3C(=O)c3ccccc3)cc12. The molecule has 4 aromatic rings. The van der Waals surface area contributed by atoms with Crippen LogP contribution in [0.3, 0.4) is 0 Å². The zero-order chi connectivity index (χ0) is 31.6. The van der Waals surface area contributed by atoms with Crippen molar-refractivity contribution in [1.29, 1.82) is 0 Å². The fourth-order valence-corrected chi connectivity index (χ4v) is 7.02. The van der Waals surface area contributed by atoms with E-state index in [1.165, 1.54) is 0 Å². The van der Waals surface area contributed by atoms with Crippen LogP contribution in [0.1, 0.15) is 69.1 Å². The van der Waals surface area contributed by atoms with Gasteiger partial charge in [0.1, 0.15) is 12.4 Å². The number of carboxylic acid groups (broad SMARTS) is 1. The minimum atomic E-state index is -0.962. The summed E-state index contributed by atoms with van der Waals surface area (Å²) in [6.45, 7) is 11.8. The van der Waals surface area contributed by atoms with Crippen molar-refractivity contribution in [3.8, 4) is 5.75 Å². The van der Waals surface area contributed by atoms with Gasteiger partial charge in [0, 0.05) is 56.3 Å². The van der Waals surface area contributed by atoms with Crippen molar-refractivity contribution in [1.82, 2.24) is 9.47 Å². The molecular weight excluding hydrogens is 592 g/mol. The monoisotopic (exact) mass is 632 g/mol. The first-order chi connectivity index (χ1) is 20.8. The van der Waals surface area contributed by atoms with Crippen LogP contribution in [0.2, 0.25) is 5.02 Å². The predicted octanol–water partition coefficient (Wildman–Crippen LogP) is 8.57. The standard InChI is InChI=1S/C36H41ClN2O4S/c1-35(2,3)44-32-29-20-28(43-23-27-12-9-19-38(27)33(40)25-10-7-6-8-11-25)17-18-30(29)39(22-24-13-15-26(37)16-14-24)31(32)21-36(4,5)34(41)42/h6-8,10-11,13-18,20,27H,9,12,19,21-23H2,1-5H3,(H,41,42)/t27-/m0/s1. The number of likely N-dealkylation sites (tertiary alicyclic amines) is 1. The molecule has 5 rings (SSSR count). The summed E-state index contributed by atoms with van der Waals surface area (Å²) in [6.07, 6.45) is 2.23. The molecule has 0 bridgehead atoms. The van der Waals surface area contributed by atoms with Crippen LogP contribution in [0.25, 0.3) is 10.9 Å². The number of aliphatic carboxylic acids is 1. The second kappa shape index (κ2) is 12.9. The Morgan fingerprint density at radius 3 is 2.36 bits per heavy atom. The summed E-state index contributed by atoms with van der Waals surface area (Å²) in [5, 5.41) is 11.8. The Morgan fingerprint density at radius 2 is 1.70 bits per heavy atom. The summed E-state index contributed by atoms with van der Waals surface area (Å²) >= 11 is 7.93. The van der Waals surface area contributed by atoms with Gasteiger partial charge in [-0.25, -0.2) is 0 Å². The van der Waals surface area contributed by atoms with E-state index in [0.29, 0.717) is 30.2 Å². The Balaban J connectivity index is 1.51. The number of carboxylic acids is 1. The molecule has 44 heavy (non-hydrogen) atoms. The summed E-state index contributed by atoms with van der Waals surface area (Å²) in [4.78, 5) is 28.5. The van der Waals surface area contributed by atoms with E-state index in [-0.39, 0.29) is 16.7 Å². The van der Waals surface area contributed by atoms with Crippen LogP contribution in [0.15, 0.2) is 77.7 Å². The Labute approximate surface area is 269 Å². The molecule has 6 nitrogen and oxygen atoms in total. The first-order valence-corrected chi connectivity index (χ1v) is 16.3. The second-order valence-corrected chi connectivity index (χ2v) is 15.5. The van der Waals surface area contributed by atoms with Crippen LogP contribution in [-0.4, -0.2) is 50.4 Å². The van der Waals surface area contributed by atoms with Gasteiger partial charge in [-0.1, -0.05) is 62.7 Å². The molecular formula is C36H41ClN2O4S. The minimum Gasteiger partial charge on any atom is -0.491 e. The number of hydrogen-bond donors (Lipinski definition) is 1. The van der Waals surface area contributed by atoms with Crippen LogP contribution in [0.5, 0.6) is 5.75 Å². The molecule has 3 aromatic carbocycles. The highest BCUT2D eigenvalue weighted by Crippen LogP contribution is 2.44. The summed E-state index contributed by atoms with van der Waals surface area (Å²) < 4.78 is 8.54. The number of thioether (sulfide) groups is 1. The van der Waals surface area contributed by atoms with Crippen LogP contribution in [0.4, 0.5) is 0 Å². The average molecular weight is 633 g/mol. The van der Waals surface area contributed by atoms with Gasteiger partial charge in [0.15, 0.2) is 0 Å². The smallest absolute Gasteiger partial charge is 0.309 e. The normalized spacial score (nSPS) is 15.6. The van der Waals surface area contributed by atoms with E-state index >= 15 is 0 Å². The maximum atomic E-state index is 13.2. The van der Waals surface area contributed by atoms with Crippen molar-refractivity contribution in [3.63, 3.8) is 0 Å². The van der Waals surface area contributed by atoms with E-state index < -0.39 is 11.4 Å². The lowest BCUT2D eigenvalue weighted by Gasteiger charge is -2.25. The van der Waals surface area contributed by atoms with Gasteiger partial charge in [0.05, 0.1) is 11.5 Å². The summed E-state index contributed by atoms with van der Waals surface area (Å²) in [5.74, 6) is -0.0522. The number of hydrogen-bond acceptors (Lipinski definition) is 4. The molecule has 232 valence electrons. The van der Waals surface area contributed by atoms with Gasteiger partial charge in [-0.3, -0.25) is 9.59 Å². The van der Waals surface area contributed by atoms with Crippen molar-refractivity contribution < 1.29 is 19.4 Å². The van der Waals surface area contributed by atoms with E-state index in [1.807, 2.05) is 65.6 Å². The molecule has 0 unspecified atom stereocenters. The maximum Gasteiger partial charge on any atom is 0.309 e. The van der Waals surface area contributed by atoms with Gasteiger partial charge < -0.3 is 19.3 Å². The van der Waals surface area contributed by atoms with Crippen LogP contribution in [0, 0.1) is 5.41 Å². The first-order valence-electron chi connectivity index (χ1n) is 15.1. The molecule has 1 saturated heterocycles. The molecule has 0 aliphatic carbocycles. The largest absolute Gasteiger partial charge is 0.491 e. The number of nitrogens with zero attached hydrogens (tertiary/aromatic N) is 2. The highest BCUT2D eigenvalue weighted by Gasteiger charge is 2.33. The van der Waals surface area contributed by atoms with Gasteiger partial charge in [0.2, 0.25) is 0 Å². The molecule has 1 aliphatic rings. The minimum absolute atomic E-state index is 0.00301. The van der Waals surface area contributed by atoms with E-state index in [9.17, 15) is 14.7 Å². The van der Waals surface area contributed by atoms with Crippen molar-refractivity contribution in [2.24, 2.45) is 5.41 Å². The van der Waals surface area contributed by atoms with Crippen LogP contribution in [-0.2, 0) is 17.8 Å². The second-order valence-electron chi connectivity index (χ2n) is 13.2. The first kappa shape index (κ1) is 32.0. The fraction of sp³-hybridized carbons (Fsp3) is 0.389. The Morgan fingerprint density at radius 1 is 1.00 bits per heavy atom. The lowest BCUT2D eigenvalue weighted by molar-refractivity contribution is -0.146. The Hall–Kier alpha value is -3.42. The zero-order valence-corrected chi connectivity index (χ0v) is 27.7. The van der Waals surface area contributed by atoms with E-state index in [1.54, 1.807) is 25.6 Å². The highest BCUT2D eigenvalue weighted by atomic mass is 35.5. The zero-order valence-electron chi connectivity index (χ0n) is 26.1. The van der Waals surface area contributed by atoms with E-state index in [0.717, 1.165) is 52.2 Å². The van der Waals surface area contributed by atoms with Crippen LogP contribution >= 0.6 is 23.4 Å². The number of benzene rings is 3. The molecule has 0 spiro atoms. The molecule has 1 aromatic heterocycles. The summed E-state index contributed by atoms with van der Waals surface area (Å²) in [6, 6.07) is 23.4. The molecule has 1 amide bonds. The van der Waals surface area contributed by atoms with Crippen LogP contribution < -0.4 is 4.74 Å². The number of carbonyl (C=O) groups is 2. The van der Waals surface area contributed by atoms with Crippen molar-refractivity contribution in [3.05, 3.63) is 94.6 Å². The lowest BCUT2D eigenvalue weighted by Crippen LogP contribution is -2.39. The number of fused-ring (bicyclic) bond motifs is 1. The lowest BCUT2D eigenvalue weighted by atomic mass is 9.88. The molecule has 1 fully saturated rings. The van der Waals surface area contributed by atoms with Gasteiger partial charge >= 0.3 is 5.97 Å². The molecule has 1 atom stereocenters. The molecule has 0 saturated carbocycles.